The molecular formula is C30H32BrP. The highest BCUT2D eigenvalue weighted by Crippen LogP contribution is 2.57. The molecule has 164 valence electrons. The Balaban J connectivity index is 0.00000289. The summed E-state index contributed by atoms with van der Waals surface area (Å²) in [4.78, 5) is 0. The number of hydrogen-bond donors (Lipinski definition) is 0. The predicted octanol–water partition coefficient (Wildman–Crippen LogP) is 3.64. The van der Waals surface area contributed by atoms with Gasteiger partial charge in [0.1, 0.15) is 23.2 Å². The van der Waals surface area contributed by atoms with Crippen LogP contribution in [0.5, 0.6) is 0 Å². The Labute approximate surface area is 204 Å². The lowest BCUT2D eigenvalue weighted by atomic mass is 9.99. The Morgan fingerprint density at radius 3 is 1.31 bits per heavy atom. The second-order valence-electron chi connectivity index (χ2n) is 8.30. The minimum atomic E-state index is -1.75. The zero-order valence-corrected chi connectivity index (χ0v) is 21.3. The van der Waals surface area contributed by atoms with Crippen LogP contribution in [0.1, 0.15) is 25.3 Å². The Hall–Kier alpha value is -2.21. The van der Waals surface area contributed by atoms with Gasteiger partial charge in [-0.2, -0.15) is 0 Å². The molecule has 4 aromatic carbocycles. The summed E-state index contributed by atoms with van der Waals surface area (Å²) in [7, 11) is -1.75. The first-order chi connectivity index (χ1) is 15.3. The van der Waals surface area contributed by atoms with E-state index in [-0.39, 0.29) is 17.0 Å². The van der Waals surface area contributed by atoms with Crippen LogP contribution in [0.25, 0.3) is 0 Å². The van der Waals surface area contributed by atoms with E-state index < -0.39 is 7.26 Å². The van der Waals surface area contributed by atoms with Gasteiger partial charge >= 0.3 is 0 Å². The third-order valence-corrected chi connectivity index (χ3v) is 11.0. The SMILES string of the molecule is CC[C@H](CCc1ccccc1)C[P+](c1ccccc1)(c1ccccc1)c1ccccc1.[Br-]. The van der Waals surface area contributed by atoms with E-state index in [1.807, 2.05) is 0 Å². The smallest absolute Gasteiger partial charge is 0.112 e. The third-order valence-electron chi connectivity index (χ3n) is 6.38. The average Bonchev–Trinajstić information content (AvgIpc) is 2.87. The van der Waals surface area contributed by atoms with Gasteiger partial charge in [-0.05, 0) is 67.1 Å². The van der Waals surface area contributed by atoms with Gasteiger partial charge in [-0.3, -0.25) is 0 Å². The van der Waals surface area contributed by atoms with Gasteiger partial charge < -0.3 is 17.0 Å². The minimum absolute atomic E-state index is 0. The van der Waals surface area contributed by atoms with Crippen molar-refractivity contribution in [2.75, 3.05) is 6.16 Å². The Morgan fingerprint density at radius 2 is 0.938 bits per heavy atom. The van der Waals surface area contributed by atoms with Crippen LogP contribution in [-0.2, 0) is 6.42 Å². The minimum Gasteiger partial charge on any atom is -1.00 e. The van der Waals surface area contributed by atoms with E-state index in [1.165, 1.54) is 40.5 Å². The van der Waals surface area contributed by atoms with Crippen molar-refractivity contribution in [3.63, 3.8) is 0 Å². The molecular weight excluding hydrogens is 471 g/mol. The quantitative estimate of drug-likeness (QED) is 0.306. The van der Waals surface area contributed by atoms with Gasteiger partial charge in [0.15, 0.2) is 0 Å². The van der Waals surface area contributed by atoms with E-state index >= 15 is 0 Å². The van der Waals surface area contributed by atoms with Gasteiger partial charge in [-0.15, -0.1) is 0 Å². The zero-order valence-electron chi connectivity index (χ0n) is 18.8. The van der Waals surface area contributed by atoms with Crippen molar-refractivity contribution in [3.05, 3.63) is 127 Å². The van der Waals surface area contributed by atoms with E-state index in [4.69, 9.17) is 0 Å². The van der Waals surface area contributed by atoms with Gasteiger partial charge in [0.25, 0.3) is 0 Å². The summed E-state index contributed by atoms with van der Waals surface area (Å²) in [5, 5.41) is 4.47. The van der Waals surface area contributed by atoms with Crippen LogP contribution in [0, 0.1) is 5.92 Å². The van der Waals surface area contributed by atoms with E-state index in [1.54, 1.807) is 0 Å². The van der Waals surface area contributed by atoms with E-state index in [0.29, 0.717) is 5.92 Å². The van der Waals surface area contributed by atoms with E-state index in [9.17, 15) is 0 Å². The summed E-state index contributed by atoms with van der Waals surface area (Å²) in [6.45, 7) is 2.37. The fourth-order valence-electron chi connectivity index (χ4n) is 4.64. The van der Waals surface area contributed by atoms with Crippen molar-refractivity contribution in [1.29, 1.82) is 0 Å². The summed E-state index contributed by atoms with van der Waals surface area (Å²) < 4.78 is 0. The van der Waals surface area contributed by atoms with Crippen LogP contribution in [0.4, 0.5) is 0 Å². The molecule has 0 radical (unpaired) electrons. The summed E-state index contributed by atoms with van der Waals surface area (Å²) in [5.41, 5.74) is 1.45. The molecule has 0 bridgehead atoms. The summed E-state index contributed by atoms with van der Waals surface area (Å²) in [6.07, 6.45) is 4.81. The maximum absolute atomic E-state index is 2.37. The van der Waals surface area contributed by atoms with Crippen LogP contribution in [-0.4, -0.2) is 6.16 Å². The number of benzene rings is 4. The summed E-state index contributed by atoms with van der Waals surface area (Å²) in [5.74, 6) is 0.675. The monoisotopic (exact) mass is 502 g/mol. The number of aryl methyl sites for hydroxylation is 1. The standard InChI is InChI=1S/C30H32P.BrH/c1-2-26(23-24-27-15-7-3-8-16-27)25-31(28-17-9-4-10-18-28,29-19-11-5-12-20-29)30-21-13-6-14-22-30;/h3-22,26H,2,23-25H2,1H3;1H/q+1;/p-1/t26-;/m1./s1. The first-order valence-corrected chi connectivity index (χ1v) is 13.4. The molecule has 4 rings (SSSR count). The van der Waals surface area contributed by atoms with Crippen molar-refractivity contribution >= 4 is 23.2 Å². The van der Waals surface area contributed by atoms with Crippen molar-refractivity contribution in [1.82, 2.24) is 0 Å². The van der Waals surface area contributed by atoms with Crippen LogP contribution >= 0.6 is 7.26 Å². The highest BCUT2D eigenvalue weighted by Gasteiger charge is 2.46. The predicted molar refractivity (Wildman–Crippen MR) is 139 cm³/mol. The normalized spacial score (nSPS) is 12.0. The molecule has 4 aromatic rings. The molecule has 0 heterocycles. The van der Waals surface area contributed by atoms with Crippen molar-refractivity contribution in [2.24, 2.45) is 5.92 Å². The Bertz CT molecular complexity index is 937. The summed E-state index contributed by atoms with van der Waals surface area (Å²) >= 11 is 0. The van der Waals surface area contributed by atoms with Gasteiger partial charge in [0.2, 0.25) is 0 Å². The Kier molecular flexibility index (Phi) is 9.27. The van der Waals surface area contributed by atoms with Crippen LogP contribution in [0.15, 0.2) is 121 Å². The highest BCUT2D eigenvalue weighted by atomic mass is 79.9. The van der Waals surface area contributed by atoms with Crippen LogP contribution in [0.2, 0.25) is 0 Å². The molecule has 0 fully saturated rings. The molecule has 0 aliphatic heterocycles. The topological polar surface area (TPSA) is 0 Å². The molecule has 0 aliphatic carbocycles. The maximum atomic E-state index is 2.37. The van der Waals surface area contributed by atoms with Gasteiger partial charge in [0.05, 0.1) is 6.16 Å². The molecule has 0 aromatic heterocycles. The van der Waals surface area contributed by atoms with Gasteiger partial charge in [0, 0.05) is 0 Å². The molecule has 0 aliphatic rings. The second kappa shape index (κ2) is 12.1. The average molecular weight is 503 g/mol. The number of hydrogen-bond acceptors (Lipinski definition) is 0. The van der Waals surface area contributed by atoms with Crippen LogP contribution in [0.3, 0.4) is 0 Å². The fraction of sp³-hybridized carbons (Fsp3) is 0.200. The molecule has 0 N–H and O–H groups in total. The molecule has 0 nitrogen and oxygen atoms in total. The third kappa shape index (κ3) is 5.58. The largest absolute Gasteiger partial charge is 1.00 e. The van der Waals surface area contributed by atoms with Crippen molar-refractivity contribution in [3.8, 4) is 0 Å². The Morgan fingerprint density at radius 1 is 0.562 bits per heavy atom. The molecule has 0 spiro atoms. The zero-order chi connectivity index (χ0) is 21.4. The second-order valence-corrected chi connectivity index (χ2v) is 11.8. The van der Waals surface area contributed by atoms with Crippen molar-refractivity contribution < 1.29 is 17.0 Å². The lowest BCUT2D eigenvalue weighted by molar-refractivity contribution is -0.00000614. The van der Waals surface area contributed by atoms with E-state index in [2.05, 4.69) is 128 Å². The van der Waals surface area contributed by atoms with Crippen molar-refractivity contribution in [2.45, 2.75) is 26.2 Å². The molecule has 32 heavy (non-hydrogen) atoms. The lowest BCUT2D eigenvalue weighted by Crippen LogP contribution is -3.00. The molecule has 0 saturated carbocycles. The first-order valence-electron chi connectivity index (χ1n) is 11.4. The first kappa shape index (κ1) is 24.4. The number of rotatable bonds is 9. The number of halogens is 1. The van der Waals surface area contributed by atoms with E-state index in [0.717, 1.165) is 6.42 Å². The van der Waals surface area contributed by atoms with Crippen LogP contribution < -0.4 is 32.9 Å². The van der Waals surface area contributed by atoms with Gasteiger partial charge in [-0.1, -0.05) is 91.9 Å². The van der Waals surface area contributed by atoms with Gasteiger partial charge in [-0.25, -0.2) is 0 Å². The molecule has 2 heteroatoms. The molecule has 1 atom stereocenters. The molecule has 0 saturated heterocycles. The lowest BCUT2D eigenvalue weighted by Gasteiger charge is -2.31. The summed E-state index contributed by atoms with van der Waals surface area (Å²) in [6, 6.07) is 44.8. The molecule has 0 amide bonds. The molecule has 0 unspecified atom stereocenters. The highest BCUT2D eigenvalue weighted by molar-refractivity contribution is 7.95. The maximum Gasteiger partial charge on any atom is 0.112 e. The fourth-order valence-corrected chi connectivity index (χ4v) is 9.42.